The average molecular weight is 379 g/mol. The van der Waals surface area contributed by atoms with Gasteiger partial charge in [-0.25, -0.2) is 0 Å². The molecule has 0 saturated heterocycles. The van der Waals surface area contributed by atoms with E-state index in [4.69, 9.17) is 0 Å². The zero-order valence-electron chi connectivity index (χ0n) is 18.1. The Bertz CT molecular complexity index is 602. The SMILES string of the molecule is CCCCCCC(=O)N(CCCC)CC(=O)Nc1cc(C(C)(C)C)nn1C. The van der Waals surface area contributed by atoms with Crippen LogP contribution in [0.5, 0.6) is 0 Å². The number of hydrogen-bond acceptors (Lipinski definition) is 3. The van der Waals surface area contributed by atoms with Gasteiger partial charge in [0.1, 0.15) is 5.82 Å². The number of amides is 2. The second-order valence-electron chi connectivity index (χ2n) is 8.32. The molecule has 0 atom stereocenters. The first-order valence-corrected chi connectivity index (χ1v) is 10.3. The molecule has 0 aliphatic carbocycles. The van der Waals surface area contributed by atoms with Crippen LogP contribution in [0.2, 0.25) is 0 Å². The number of aryl methyl sites for hydroxylation is 1. The van der Waals surface area contributed by atoms with Gasteiger partial charge >= 0.3 is 0 Å². The molecule has 0 bridgehead atoms. The summed E-state index contributed by atoms with van der Waals surface area (Å²) in [6.45, 7) is 11.2. The number of hydrogen-bond donors (Lipinski definition) is 1. The molecule has 0 unspecified atom stereocenters. The molecule has 6 nitrogen and oxygen atoms in total. The lowest BCUT2D eigenvalue weighted by molar-refractivity contribution is -0.134. The molecule has 154 valence electrons. The van der Waals surface area contributed by atoms with Gasteiger partial charge in [0.05, 0.1) is 12.2 Å². The molecule has 1 rings (SSSR count). The summed E-state index contributed by atoms with van der Waals surface area (Å²) in [6, 6.07) is 1.90. The third-order valence-electron chi connectivity index (χ3n) is 4.63. The Morgan fingerprint density at radius 3 is 2.33 bits per heavy atom. The molecule has 0 fully saturated rings. The van der Waals surface area contributed by atoms with Crippen LogP contribution < -0.4 is 5.32 Å². The Morgan fingerprint density at radius 1 is 1.11 bits per heavy atom. The van der Waals surface area contributed by atoms with Crippen LogP contribution in [0.1, 0.15) is 85.3 Å². The van der Waals surface area contributed by atoms with E-state index in [1.54, 1.807) is 9.58 Å². The number of aromatic nitrogens is 2. The molecule has 1 aromatic rings. The Balaban J connectivity index is 2.67. The van der Waals surface area contributed by atoms with Crippen LogP contribution in [-0.4, -0.2) is 39.6 Å². The van der Waals surface area contributed by atoms with Crippen molar-refractivity contribution in [3.63, 3.8) is 0 Å². The molecular formula is C21H38N4O2. The fourth-order valence-electron chi connectivity index (χ4n) is 2.81. The third-order valence-corrected chi connectivity index (χ3v) is 4.63. The van der Waals surface area contributed by atoms with E-state index in [1.807, 2.05) is 13.1 Å². The predicted molar refractivity (Wildman–Crippen MR) is 111 cm³/mol. The summed E-state index contributed by atoms with van der Waals surface area (Å²) in [5.41, 5.74) is 0.845. The van der Waals surface area contributed by atoms with Crippen LogP contribution >= 0.6 is 0 Å². The summed E-state index contributed by atoms with van der Waals surface area (Å²) in [4.78, 5) is 26.8. The fourth-order valence-corrected chi connectivity index (χ4v) is 2.81. The molecule has 0 radical (unpaired) electrons. The van der Waals surface area contributed by atoms with Crippen LogP contribution in [-0.2, 0) is 22.1 Å². The normalized spacial score (nSPS) is 11.5. The molecule has 0 aliphatic heterocycles. The zero-order valence-corrected chi connectivity index (χ0v) is 18.1. The topological polar surface area (TPSA) is 67.2 Å². The van der Waals surface area contributed by atoms with E-state index in [-0.39, 0.29) is 23.8 Å². The lowest BCUT2D eigenvalue weighted by Gasteiger charge is -2.22. The Labute approximate surface area is 164 Å². The van der Waals surface area contributed by atoms with Gasteiger partial charge in [0.15, 0.2) is 0 Å². The lowest BCUT2D eigenvalue weighted by atomic mass is 9.92. The number of nitrogens with one attached hydrogen (secondary N) is 1. The highest BCUT2D eigenvalue weighted by Crippen LogP contribution is 2.23. The first kappa shape index (κ1) is 23.2. The quantitative estimate of drug-likeness (QED) is 0.585. The van der Waals surface area contributed by atoms with E-state index in [0.29, 0.717) is 18.8 Å². The van der Waals surface area contributed by atoms with Gasteiger partial charge in [-0.3, -0.25) is 14.3 Å². The second kappa shape index (κ2) is 11.1. The van der Waals surface area contributed by atoms with Gasteiger partial charge in [-0.15, -0.1) is 0 Å². The van der Waals surface area contributed by atoms with Crippen LogP contribution in [0.3, 0.4) is 0 Å². The molecule has 0 aliphatic rings. The summed E-state index contributed by atoms with van der Waals surface area (Å²) < 4.78 is 1.68. The molecule has 1 heterocycles. The van der Waals surface area contributed by atoms with Crippen molar-refractivity contribution >= 4 is 17.6 Å². The van der Waals surface area contributed by atoms with Gasteiger partial charge in [-0.1, -0.05) is 60.3 Å². The summed E-state index contributed by atoms with van der Waals surface area (Å²) >= 11 is 0. The molecular weight excluding hydrogens is 340 g/mol. The van der Waals surface area contributed by atoms with E-state index in [9.17, 15) is 9.59 Å². The van der Waals surface area contributed by atoms with Gasteiger partial charge in [-0.2, -0.15) is 5.10 Å². The minimum absolute atomic E-state index is 0.0788. The maximum Gasteiger partial charge on any atom is 0.245 e. The van der Waals surface area contributed by atoms with E-state index in [0.717, 1.165) is 44.2 Å². The van der Waals surface area contributed by atoms with Gasteiger partial charge in [-0.05, 0) is 12.8 Å². The van der Waals surface area contributed by atoms with Gasteiger partial charge in [0, 0.05) is 31.5 Å². The minimum Gasteiger partial charge on any atom is -0.333 e. The van der Waals surface area contributed by atoms with Crippen molar-refractivity contribution < 1.29 is 9.59 Å². The Hall–Kier alpha value is -1.85. The standard InChI is InChI=1S/C21H38N4O2/c1-7-9-11-12-13-20(27)25(14-10-8-2)16-19(26)22-18-15-17(21(3,4)5)23-24(18)6/h15H,7-14,16H2,1-6H3,(H,22,26). The summed E-state index contributed by atoms with van der Waals surface area (Å²) in [7, 11) is 1.82. The van der Waals surface area contributed by atoms with Gasteiger partial charge in [0.25, 0.3) is 0 Å². The molecule has 6 heteroatoms. The number of carbonyl (C=O) groups excluding carboxylic acids is 2. The van der Waals surface area contributed by atoms with E-state index in [2.05, 4.69) is 45.0 Å². The molecule has 0 saturated carbocycles. The lowest BCUT2D eigenvalue weighted by Crippen LogP contribution is -2.38. The molecule has 0 spiro atoms. The van der Waals surface area contributed by atoms with Crippen molar-refractivity contribution in [2.45, 2.75) is 85.0 Å². The number of rotatable bonds is 11. The smallest absolute Gasteiger partial charge is 0.245 e. The maximum atomic E-state index is 12.5. The highest BCUT2D eigenvalue weighted by molar-refractivity contribution is 5.94. The second-order valence-corrected chi connectivity index (χ2v) is 8.32. The highest BCUT2D eigenvalue weighted by atomic mass is 16.2. The van der Waals surface area contributed by atoms with Crippen LogP contribution in [0.15, 0.2) is 6.07 Å². The summed E-state index contributed by atoms with van der Waals surface area (Å²) in [5.74, 6) is 0.572. The number of anilines is 1. The first-order valence-electron chi connectivity index (χ1n) is 10.3. The van der Waals surface area contributed by atoms with Crippen molar-refractivity contribution in [3.05, 3.63) is 11.8 Å². The van der Waals surface area contributed by atoms with Crippen molar-refractivity contribution in [2.75, 3.05) is 18.4 Å². The van der Waals surface area contributed by atoms with Crippen molar-refractivity contribution in [1.29, 1.82) is 0 Å². The van der Waals surface area contributed by atoms with Crippen molar-refractivity contribution in [2.24, 2.45) is 7.05 Å². The van der Waals surface area contributed by atoms with Crippen LogP contribution in [0.4, 0.5) is 5.82 Å². The summed E-state index contributed by atoms with van der Waals surface area (Å²) in [6.07, 6.45) is 6.70. The molecule has 1 N–H and O–H groups in total. The molecule has 27 heavy (non-hydrogen) atoms. The maximum absolute atomic E-state index is 12.5. The fraction of sp³-hybridized carbons (Fsp3) is 0.762. The monoisotopic (exact) mass is 378 g/mol. The van der Waals surface area contributed by atoms with E-state index >= 15 is 0 Å². The first-order chi connectivity index (χ1) is 12.7. The van der Waals surface area contributed by atoms with Gasteiger partial charge in [0.2, 0.25) is 11.8 Å². The minimum atomic E-state index is -0.170. The predicted octanol–water partition coefficient (Wildman–Crippen LogP) is 4.26. The van der Waals surface area contributed by atoms with Crippen molar-refractivity contribution in [1.82, 2.24) is 14.7 Å². The average Bonchev–Trinajstić information content (AvgIpc) is 2.96. The number of unbranched alkanes of at least 4 members (excludes halogenated alkanes) is 4. The van der Waals surface area contributed by atoms with Crippen LogP contribution in [0.25, 0.3) is 0 Å². The zero-order chi connectivity index (χ0) is 20.4. The van der Waals surface area contributed by atoms with E-state index in [1.165, 1.54) is 0 Å². The highest BCUT2D eigenvalue weighted by Gasteiger charge is 2.21. The van der Waals surface area contributed by atoms with E-state index < -0.39 is 0 Å². The largest absolute Gasteiger partial charge is 0.333 e. The molecule has 1 aromatic heterocycles. The Kier molecular flexibility index (Phi) is 9.53. The molecule has 2 amide bonds. The summed E-state index contributed by atoms with van der Waals surface area (Å²) in [5, 5.41) is 7.39. The van der Waals surface area contributed by atoms with Crippen molar-refractivity contribution in [3.8, 4) is 0 Å². The number of nitrogens with zero attached hydrogens (tertiary/aromatic N) is 3. The third kappa shape index (κ3) is 8.14. The Morgan fingerprint density at radius 2 is 1.78 bits per heavy atom. The van der Waals surface area contributed by atoms with Gasteiger partial charge < -0.3 is 10.2 Å². The number of carbonyl (C=O) groups is 2. The van der Waals surface area contributed by atoms with Crippen LogP contribution in [0, 0.1) is 0 Å². The molecule has 0 aromatic carbocycles.